The highest BCUT2D eigenvalue weighted by Gasteiger charge is 2.30. The molecule has 1 aliphatic rings. The molecule has 4 nitrogen and oxygen atoms in total. The minimum atomic E-state index is -1.07. The summed E-state index contributed by atoms with van der Waals surface area (Å²) >= 11 is 0. The lowest BCUT2D eigenvalue weighted by Crippen LogP contribution is -2.47. The zero-order valence-electron chi connectivity index (χ0n) is 11.1. The van der Waals surface area contributed by atoms with Crippen LogP contribution in [0.25, 0.3) is 0 Å². The van der Waals surface area contributed by atoms with Crippen LogP contribution in [-0.4, -0.2) is 29.7 Å². The highest BCUT2D eigenvalue weighted by atomic mass is 16.3. The molecule has 0 aromatic rings. The molecule has 0 aromatic heterocycles. The SMILES string of the molecule is CC1CCC(C(C)C)C(NCC(O)C(N)=O)C1. The number of amides is 1. The van der Waals surface area contributed by atoms with E-state index < -0.39 is 12.0 Å². The highest BCUT2D eigenvalue weighted by molar-refractivity contribution is 5.78. The molecule has 1 aliphatic carbocycles. The summed E-state index contributed by atoms with van der Waals surface area (Å²) in [6, 6.07) is 0.396. The van der Waals surface area contributed by atoms with Gasteiger partial charge in [0.1, 0.15) is 6.10 Å². The molecule has 4 unspecified atom stereocenters. The molecule has 1 saturated carbocycles. The molecule has 0 radical (unpaired) electrons. The number of aliphatic hydroxyl groups is 1. The Morgan fingerprint density at radius 3 is 2.65 bits per heavy atom. The van der Waals surface area contributed by atoms with Gasteiger partial charge >= 0.3 is 0 Å². The Bertz CT molecular complexity index is 256. The molecule has 4 heteroatoms. The number of nitrogens with two attached hydrogens (primary N) is 1. The molecular weight excluding hydrogens is 216 g/mol. The standard InChI is InChI=1S/C13H26N2O2/c1-8(2)10-5-4-9(3)6-11(10)15-7-12(16)13(14)17/h8-12,15-16H,4-7H2,1-3H3,(H2,14,17). The highest BCUT2D eigenvalue weighted by Crippen LogP contribution is 2.33. The largest absolute Gasteiger partial charge is 0.382 e. The van der Waals surface area contributed by atoms with Crippen molar-refractivity contribution in [3.63, 3.8) is 0 Å². The molecule has 0 heterocycles. The van der Waals surface area contributed by atoms with Crippen LogP contribution < -0.4 is 11.1 Å². The van der Waals surface area contributed by atoms with Crippen LogP contribution in [0.4, 0.5) is 0 Å². The van der Waals surface area contributed by atoms with E-state index in [1.807, 2.05) is 0 Å². The normalized spacial score (nSPS) is 31.5. The maximum atomic E-state index is 10.8. The van der Waals surface area contributed by atoms with E-state index in [-0.39, 0.29) is 6.54 Å². The second-order valence-corrected chi connectivity index (χ2v) is 5.76. The van der Waals surface area contributed by atoms with Crippen LogP contribution in [0, 0.1) is 17.8 Å². The van der Waals surface area contributed by atoms with Crippen LogP contribution in [0.2, 0.25) is 0 Å². The van der Waals surface area contributed by atoms with Gasteiger partial charge in [-0.25, -0.2) is 0 Å². The number of carbonyl (C=O) groups is 1. The Kier molecular flexibility index (Phi) is 5.40. The van der Waals surface area contributed by atoms with Gasteiger partial charge in [0.15, 0.2) is 0 Å². The van der Waals surface area contributed by atoms with Crippen LogP contribution in [0.5, 0.6) is 0 Å². The van der Waals surface area contributed by atoms with Gasteiger partial charge < -0.3 is 16.2 Å². The smallest absolute Gasteiger partial charge is 0.247 e. The van der Waals surface area contributed by atoms with Crippen LogP contribution in [-0.2, 0) is 4.79 Å². The first-order valence-corrected chi connectivity index (χ1v) is 6.62. The minimum absolute atomic E-state index is 0.274. The first-order valence-electron chi connectivity index (χ1n) is 6.62. The van der Waals surface area contributed by atoms with E-state index in [4.69, 9.17) is 5.73 Å². The maximum absolute atomic E-state index is 10.8. The Morgan fingerprint density at radius 1 is 1.47 bits per heavy atom. The molecule has 1 rings (SSSR count). The summed E-state index contributed by atoms with van der Waals surface area (Å²) in [7, 11) is 0. The second kappa shape index (κ2) is 6.36. The number of hydrogen-bond donors (Lipinski definition) is 3. The Hall–Kier alpha value is -0.610. The number of rotatable bonds is 5. The fourth-order valence-electron chi connectivity index (χ4n) is 2.80. The van der Waals surface area contributed by atoms with Crippen molar-refractivity contribution in [1.82, 2.24) is 5.32 Å². The average molecular weight is 242 g/mol. The summed E-state index contributed by atoms with van der Waals surface area (Å²) in [5, 5.41) is 12.7. The molecule has 4 N–H and O–H groups in total. The van der Waals surface area contributed by atoms with Crippen molar-refractivity contribution in [1.29, 1.82) is 0 Å². The minimum Gasteiger partial charge on any atom is -0.382 e. The van der Waals surface area contributed by atoms with Crippen molar-refractivity contribution < 1.29 is 9.90 Å². The van der Waals surface area contributed by atoms with E-state index >= 15 is 0 Å². The average Bonchev–Trinajstić information content (AvgIpc) is 2.25. The fourth-order valence-corrected chi connectivity index (χ4v) is 2.80. The Labute approximate surface area is 104 Å². The first-order chi connectivity index (χ1) is 7.91. The van der Waals surface area contributed by atoms with Gasteiger partial charge in [0.05, 0.1) is 0 Å². The third-order valence-corrected chi connectivity index (χ3v) is 3.92. The van der Waals surface area contributed by atoms with Crippen molar-refractivity contribution in [2.45, 2.75) is 52.2 Å². The van der Waals surface area contributed by atoms with E-state index in [2.05, 4.69) is 26.1 Å². The van der Waals surface area contributed by atoms with Crippen molar-refractivity contribution in [2.75, 3.05) is 6.54 Å². The van der Waals surface area contributed by atoms with Gasteiger partial charge in [-0.05, 0) is 30.6 Å². The maximum Gasteiger partial charge on any atom is 0.247 e. The summed E-state index contributed by atoms with van der Waals surface area (Å²) in [4.78, 5) is 10.8. The number of aliphatic hydroxyl groups excluding tert-OH is 1. The molecule has 0 spiro atoms. The summed E-state index contributed by atoms with van der Waals surface area (Å²) in [5.74, 6) is 1.33. The third-order valence-electron chi connectivity index (χ3n) is 3.92. The van der Waals surface area contributed by atoms with Gasteiger partial charge in [-0.15, -0.1) is 0 Å². The number of carbonyl (C=O) groups excluding carboxylic acids is 1. The molecule has 100 valence electrons. The summed E-state index contributed by atoms with van der Waals surface area (Å²) in [6.07, 6.45) is 2.55. The zero-order chi connectivity index (χ0) is 13.0. The monoisotopic (exact) mass is 242 g/mol. The molecule has 17 heavy (non-hydrogen) atoms. The van der Waals surface area contributed by atoms with Crippen LogP contribution in [0.3, 0.4) is 0 Å². The summed E-state index contributed by atoms with van der Waals surface area (Å²) in [6.45, 7) is 7.01. The lowest BCUT2D eigenvalue weighted by atomic mass is 9.74. The van der Waals surface area contributed by atoms with Gasteiger partial charge in [-0.1, -0.05) is 27.2 Å². The molecule has 1 fully saturated rings. The van der Waals surface area contributed by atoms with Gasteiger partial charge in [0.2, 0.25) is 5.91 Å². The Balaban J connectivity index is 2.49. The predicted molar refractivity (Wildman–Crippen MR) is 68.3 cm³/mol. The number of primary amides is 1. The van der Waals surface area contributed by atoms with Crippen LogP contribution in [0.1, 0.15) is 40.0 Å². The topological polar surface area (TPSA) is 75.3 Å². The van der Waals surface area contributed by atoms with E-state index in [0.717, 1.165) is 6.42 Å². The number of nitrogens with one attached hydrogen (secondary N) is 1. The van der Waals surface area contributed by atoms with Crippen LogP contribution in [0.15, 0.2) is 0 Å². The molecule has 1 amide bonds. The van der Waals surface area contributed by atoms with Crippen molar-refractivity contribution in [2.24, 2.45) is 23.5 Å². The van der Waals surface area contributed by atoms with Gasteiger partial charge in [-0.3, -0.25) is 4.79 Å². The first kappa shape index (κ1) is 14.5. The predicted octanol–water partition coefficient (Wildman–Crippen LogP) is 0.883. The molecule has 0 aromatic carbocycles. The van der Waals surface area contributed by atoms with Gasteiger partial charge in [-0.2, -0.15) is 0 Å². The molecular formula is C13H26N2O2. The van der Waals surface area contributed by atoms with Crippen LogP contribution >= 0.6 is 0 Å². The molecule has 0 saturated heterocycles. The summed E-state index contributed by atoms with van der Waals surface area (Å²) in [5.41, 5.74) is 5.04. The summed E-state index contributed by atoms with van der Waals surface area (Å²) < 4.78 is 0. The second-order valence-electron chi connectivity index (χ2n) is 5.76. The van der Waals surface area contributed by atoms with Crippen molar-refractivity contribution in [3.05, 3.63) is 0 Å². The van der Waals surface area contributed by atoms with E-state index in [1.54, 1.807) is 0 Å². The molecule has 4 atom stereocenters. The number of hydrogen-bond acceptors (Lipinski definition) is 3. The quantitative estimate of drug-likeness (QED) is 0.670. The lowest BCUT2D eigenvalue weighted by Gasteiger charge is -2.38. The van der Waals surface area contributed by atoms with E-state index in [9.17, 15) is 9.90 Å². The lowest BCUT2D eigenvalue weighted by molar-refractivity contribution is -0.125. The van der Waals surface area contributed by atoms with E-state index in [1.165, 1.54) is 12.8 Å². The zero-order valence-corrected chi connectivity index (χ0v) is 11.1. The van der Waals surface area contributed by atoms with Gasteiger partial charge in [0.25, 0.3) is 0 Å². The van der Waals surface area contributed by atoms with Crippen molar-refractivity contribution >= 4 is 5.91 Å². The fraction of sp³-hybridized carbons (Fsp3) is 0.923. The van der Waals surface area contributed by atoms with Crippen molar-refractivity contribution in [3.8, 4) is 0 Å². The van der Waals surface area contributed by atoms with E-state index in [0.29, 0.717) is 23.8 Å². The molecule has 0 bridgehead atoms. The van der Waals surface area contributed by atoms with Gasteiger partial charge in [0, 0.05) is 12.6 Å². The molecule has 0 aliphatic heterocycles. The third kappa shape index (κ3) is 4.28. The Morgan fingerprint density at radius 2 is 2.12 bits per heavy atom.